The van der Waals surface area contributed by atoms with E-state index in [-0.39, 0.29) is 29.3 Å². The fourth-order valence-electron chi connectivity index (χ4n) is 4.05. The summed E-state index contributed by atoms with van der Waals surface area (Å²) >= 11 is 0. The quantitative estimate of drug-likeness (QED) is 0.523. The Morgan fingerprint density at radius 2 is 1.94 bits per heavy atom. The van der Waals surface area contributed by atoms with Gasteiger partial charge >= 0.3 is 7.52 Å². The largest absolute Gasteiger partial charge is 0.360 e. The van der Waals surface area contributed by atoms with Crippen LogP contribution < -0.4 is 15.7 Å². The number of aromatic nitrogens is 1. The Kier molecular flexibility index (Phi) is 6.16. The maximum absolute atomic E-state index is 13.7. The molecule has 2 N–H and O–H groups in total. The van der Waals surface area contributed by atoms with Crippen molar-refractivity contribution in [3.63, 3.8) is 0 Å². The van der Waals surface area contributed by atoms with Crippen LogP contribution in [0, 0.1) is 10.8 Å². The van der Waals surface area contributed by atoms with E-state index in [0.717, 1.165) is 6.42 Å². The predicted octanol–water partition coefficient (Wildman–Crippen LogP) is 4.41. The van der Waals surface area contributed by atoms with Crippen molar-refractivity contribution < 1.29 is 13.9 Å². The van der Waals surface area contributed by atoms with Crippen molar-refractivity contribution in [2.75, 3.05) is 18.5 Å². The third-order valence-corrected chi connectivity index (χ3v) is 7.67. The number of likely N-dealkylation sites (tertiary alicyclic amines) is 1. The van der Waals surface area contributed by atoms with Crippen molar-refractivity contribution in [2.24, 2.45) is 10.8 Å². The van der Waals surface area contributed by atoms with Gasteiger partial charge in [-0.2, -0.15) is 0 Å². The summed E-state index contributed by atoms with van der Waals surface area (Å²) in [6.45, 7) is 19.8. The molecule has 7 nitrogen and oxygen atoms in total. The Balaban J connectivity index is 2.09. The Morgan fingerprint density at radius 1 is 1.26 bits per heavy atom. The number of allylic oxidation sites excluding steroid dienone is 1. The van der Waals surface area contributed by atoms with E-state index in [2.05, 4.69) is 68.4 Å². The molecule has 0 bridgehead atoms. The van der Waals surface area contributed by atoms with E-state index in [4.69, 9.17) is 4.52 Å². The van der Waals surface area contributed by atoms with Crippen LogP contribution in [0.1, 0.15) is 54.9 Å². The van der Waals surface area contributed by atoms with Crippen LogP contribution in [0.15, 0.2) is 42.0 Å². The zero-order valence-corrected chi connectivity index (χ0v) is 20.6. The molecule has 1 aromatic heterocycles. The number of pyridine rings is 1. The van der Waals surface area contributed by atoms with Crippen LogP contribution in [0.25, 0.3) is 0 Å². The molecule has 1 aromatic rings. The zero-order valence-electron chi connectivity index (χ0n) is 19.7. The van der Waals surface area contributed by atoms with Gasteiger partial charge in [-0.3, -0.25) is 14.4 Å². The average Bonchev–Trinajstić information content (AvgIpc) is 2.89. The number of nitrogens with zero attached hydrogens (tertiary/aromatic N) is 2. The number of carbonyl (C=O) groups excluding carboxylic acids is 1. The lowest BCUT2D eigenvalue weighted by Crippen LogP contribution is -2.43. The standard InChI is InChI=1S/C23H35N4O3P/c1-9-30-31(29)16-11-10-13-24-20(16)25-21(26-31)17-15(2)27(14-12-22(3,4)5)19(18(17)28)23(6,7)8/h10-11,13,19H,2,9,12,14H2,1,3-8H3,(H,24,25)(H,26,29). The summed E-state index contributed by atoms with van der Waals surface area (Å²) < 4.78 is 19.3. The normalized spacial score (nSPS) is 26.5. The molecule has 0 radical (unpaired) electrons. The lowest BCUT2D eigenvalue weighted by atomic mass is 9.83. The van der Waals surface area contributed by atoms with E-state index < -0.39 is 7.52 Å². The molecule has 1 saturated heterocycles. The van der Waals surface area contributed by atoms with Gasteiger partial charge < -0.3 is 14.7 Å². The van der Waals surface area contributed by atoms with Crippen LogP contribution >= 0.6 is 7.52 Å². The van der Waals surface area contributed by atoms with Crippen LogP contribution in [0.5, 0.6) is 0 Å². The van der Waals surface area contributed by atoms with Crippen molar-refractivity contribution in [1.29, 1.82) is 0 Å². The van der Waals surface area contributed by atoms with E-state index in [0.29, 0.717) is 34.8 Å². The monoisotopic (exact) mass is 446 g/mol. The van der Waals surface area contributed by atoms with E-state index >= 15 is 0 Å². The fraction of sp³-hybridized carbons (Fsp3) is 0.565. The number of carbonyl (C=O) groups is 1. The predicted molar refractivity (Wildman–Crippen MR) is 125 cm³/mol. The molecular formula is C23H35N4O3P. The summed E-state index contributed by atoms with van der Waals surface area (Å²) in [4.78, 5) is 20.1. The van der Waals surface area contributed by atoms with E-state index in [9.17, 15) is 9.36 Å². The minimum absolute atomic E-state index is 0.0381. The Hall–Kier alpha value is -2.11. The lowest BCUT2D eigenvalue weighted by molar-refractivity contribution is -0.120. The Morgan fingerprint density at radius 3 is 2.52 bits per heavy atom. The highest BCUT2D eigenvalue weighted by molar-refractivity contribution is 7.65. The minimum atomic E-state index is -3.43. The third-order valence-electron chi connectivity index (χ3n) is 5.53. The molecule has 170 valence electrons. The van der Waals surface area contributed by atoms with Gasteiger partial charge in [-0.1, -0.05) is 48.1 Å². The molecule has 8 heteroatoms. The zero-order chi connectivity index (χ0) is 23.2. The van der Waals surface area contributed by atoms with E-state index in [1.807, 2.05) is 0 Å². The molecular weight excluding hydrogens is 411 g/mol. The number of Topliss-reactive ketones (excluding diaryl/α,β-unsaturated/α-hetero) is 1. The number of fused-ring (bicyclic) bond motifs is 1. The highest BCUT2D eigenvalue weighted by Gasteiger charge is 2.48. The number of rotatable bonds is 4. The first kappa shape index (κ1) is 23.6. The molecule has 0 amide bonds. The molecule has 2 aliphatic rings. The SMILES string of the molecule is C=C1C(=C2Nc3ncccc3P(=O)(OCC)N2)C(=O)C(C(C)(C)C)N1CCC(C)(C)C. The lowest BCUT2D eigenvalue weighted by Gasteiger charge is -2.36. The Labute approximate surface area is 185 Å². The third kappa shape index (κ3) is 4.58. The van der Waals surface area contributed by atoms with Gasteiger partial charge in [0.2, 0.25) is 0 Å². The summed E-state index contributed by atoms with van der Waals surface area (Å²) in [5, 5.41) is 6.65. The van der Waals surface area contributed by atoms with Gasteiger partial charge in [-0.05, 0) is 36.3 Å². The summed E-state index contributed by atoms with van der Waals surface area (Å²) in [5.74, 6) is 0.746. The first-order valence-corrected chi connectivity index (χ1v) is 12.4. The van der Waals surface area contributed by atoms with Crippen molar-refractivity contribution >= 4 is 24.4 Å². The Bertz CT molecular complexity index is 972. The molecule has 31 heavy (non-hydrogen) atoms. The van der Waals surface area contributed by atoms with Crippen LogP contribution in [0.4, 0.5) is 5.82 Å². The molecule has 2 unspecified atom stereocenters. The molecule has 2 aliphatic heterocycles. The highest BCUT2D eigenvalue weighted by atomic mass is 31.2. The van der Waals surface area contributed by atoms with Crippen LogP contribution in [0.3, 0.4) is 0 Å². The van der Waals surface area contributed by atoms with Crippen LogP contribution in [0.2, 0.25) is 0 Å². The summed E-state index contributed by atoms with van der Waals surface area (Å²) in [7, 11) is -3.43. The van der Waals surface area contributed by atoms with E-state index in [1.165, 1.54) is 0 Å². The molecule has 0 aromatic carbocycles. The van der Waals surface area contributed by atoms with Crippen molar-refractivity contribution in [1.82, 2.24) is 15.0 Å². The van der Waals surface area contributed by atoms with Gasteiger partial charge in [-0.15, -0.1) is 0 Å². The van der Waals surface area contributed by atoms with Crippen molar-refractivity contribution in [3.8, 4) is 0 Å². The molecule has 3 rings (SSSR count). The minimum Gasteiger partial charge on any atom is -0.360 e. The maximum atomic E-state index is 13.7. The fourth-order valence-corrected chi connectivity index (χ4v) is 5.88. The van der Waals surface area contributed by atoms with Gasteiger partial charge in [0.1, 0.15) is 16.9 Å². The topological polar surface area (TPSA) is 83.6 Å². The van der Waals surface area contributed by atoms with Gasteiger partial charge in [0, 0.05) is 18.4 Å². The molecule has 3 heterocycles. The van der Waals surface area contributed by atoms with Gasteiger partial charge in [-0.25, -0.2) is 4.98 Å². The summed E-state index contributed by atoms with van der Waals surface area (Å²) in [5.41, 5.74) is 0.877. The number of nitrogens with one attached hydrogen (secondary N) is 2. The van der Waals surface area contributed by atoms with Crippen LogP contribution in [-0.4, -0.2) is 34.9 Å². The number of hydrogen-bond donors (Lipinski definition) is 2. The second-order valence-corrected chi connectivity index (χ2v) is 12.5. The number of anilines is 1. The first-order chi connectivity index (χ1) is 14.3. The molecule has 0 spiro atoms. The van der Waals surface area contributed by atoms with Gasteiger partial charge in [0.15, 0.2) is 5.78 Å². The first-order valence-electron chi connectivity index (χ1n) is 10.8. The van der Waals surface area contributed by atoms with E-state index in [1.54, 1.807) is 25.3 Å². The maximum Gasteiger partial charge on any atom is 0.328 e. The summed E-state index contributed by atoms with van der Waals surface area (Å²) in [6, 6.07) is 3.08. The number of ketones is 1. The number of hydrogen-bond acceptors (Lipinski definition) is 6. The summed E-state index contributed by atoms with van der Waals surface area (Å²) in [6.07, 6.45) is 2.53. The van der Waals surface area contributed by atoms with Gasteiger partial charge in [0.05, 0.1) is 18.2 Å². The smallest absolute Gasteiger partial charge is 0.328 e. The second-order valence-electron chi connectivity index (χ2n) is 10.4. The highest BCUT2D eigenvalue weighted by Crippen LogP contribution is 2.49. The molecule has 0 aliphatic carbocycles. The van der Waals surface area contributed by atoms with Gasteiger partial charge in [0.25, 0.3) is 0 Å². The second kappa shape index (κ2) is 8.10. The molecule has 1 fully saturated rings. The average molecular weight is 447 g/mol. The van der Waals surface area contributed by atoms with Crippen molar-refractivity contribution in [3.05, 3.63) is 42.0 Å². The van der Waals surface area contributed by atoms with Crippen LogP contribution in [-0.2, 0) is 13.9 Å². The van der Waals surface area contributed by atoms with Crippen molar-refractivity contribution in [2.45, 2.75) is 60.9 Å². The molecule has 0 saturated carbocycles. The molecule has 2 atom stereocenters.